The van der Waals surface area contributed by atoms with Crippen LogP contribution in [0.2, 0.25) is 0 Å². The Kier molecular flexibility index (Phi) is 8.37. The van der Waals surface area contributed by atoms with Crippen LogP contribution in [0.25, 0.3) is 0 Å². The number of thiophene rings is 1. The maximum atomic E-state index is 11.8. The molecule has 0 aliphatic rings. The van der Waals surface area contributed by atoms with E-state index in [2.05, 4.69) is 5.32 Å². The molecule has 0 atom stereocenters. The van der Waals surface area contributed by atoms with E-state index in [1.807, 2.05) is 36.6 Å². The van der Waals surface area contributed by atoms with E-state index in [4.69, 9.17) is 4.74 Å². The van der Waals surface area contributed by atoms with Crippen LogP contribution in [-0.4, -0.2) is 36.6 Å². The van der Waals surface area contributed by atoms with Gasteiger partial charge in [0.1, 0.15) is 0 Å². The summed E-state index contributed by atoms with van der Waals surface area (Å²) in [7, 11) is 0. The quantitative estimate of drug-likeness (QED) is 0.291. The molecule has 138 valence electrons. The molecule has 0 spiro atoms. The van der Waals surface area contributed by atoms with Gasteiger partial charge in [0.05, 0.1) is 11.3 Å². The second-order valence-electron chi connectivity index (χ2n) is 5.57. The maximum absolute atomic E-state index is 11.8. The van der Waals surface area contributed by atoms with Crippen molar-refractivity contribution in [3.05, 3.63) is 52.2 Å². The van der Waals surface area contributed by atoms with Crippen LogP contribution >= 0.6 is 23.1 Å². The summed E-state index contributed by atoms with van der Waals surface area (Å²) in [5, 5.41) is 4.52. The molecule has 0 unspecified atom stereocenters. The summed E-state index contributed by atoms with van der Waals surface area (Å²) < 4.78 is 4.89. The second kappa shape index (κ2) is 10.8. The largest absolute Gasteiger partial charge is 0.456 e. The first-order valence-corrected chi connectivity index (χ1v) is 10.1. The van der Waals surface area contributed by atoms with E-state index in [-0.39, 0.29) is 31.1 Å². The molecule has 7 heteroatoms. The first-order chi connectivity index (χ1) is 12.5. The third-order valence-electron chi connectivity index (χ3n) is 3.43. The van der Waals surface area contributed by atoms with Crippen molar-refractivity contribution in [3.63, 3.8) is 0 Å². The van der Waals surface area contributed by atoms with Crippen LogP contribution in [0.5, 0.6) is 0 Å². The molecule has 26 heavy (non-hydrogen) atoms. The summed E-state index contributed by atoms with van der Waals surface area (Å²) >= 11 is 2.99. The summed E-state index contributed by atoms with van der Waals surface area (Å²) in [6, 6.07) is 11.7. The van der Waals surface area contributed by atoms with Gasteiger partial charge < -0.3 is 10.1 Å². The minimum atomic E-state index is -0.543. The lowest BCUT2D eigenvalue weighted by Gasteiger charge is -2.06. The summed E-state index contributed by atoms with van der Waals surface area (Å²) in [5.41, 5.74) is 1.21. The highest BCUT2D eigenvalue weighted by Crippen LogP contribution is 2.17. The van der Waals surface area contributed by atoms with Crippen LogP contribution in [0, 0.1) is 6.92 Å². The smallest absolute Gasteiger partial charge is 0.306 e. The molecular weight excluding hydrogens is 370 g/mol. The molecule has 1 amide bonds. The zero-order valence-corrected chi connectivity index (χ0v) is 16.2. The zero-order chi connectivity index (χ0) is 18.8. The monoisotopic (exact) mass is 391 g/mol. The number of hydrogen-bond acceptors (Lipinski definition) is 6. The van der Waals surface area contributed by atoms with Crippen LogP contribution < -0.4 is 5.32 Å². The number of carbonyl (C=O) groups is 3. The topological polar surface area (TPSA) is 72.5 Å². The summed E-state index contributed by atoms with van der Waals surface area (Å²) in [5.74, 6) is -0.237. The number of benzene rings is 1. The average molecular weight is 392 g/mol. The fourth-order valence-electron chi connectivity index (χ4n) is 2.04. The minimum absolute atomic E-state index is 0.0205. The number of esters is 1. The molecule has 0 radical (unpaired) electrons. The Labute approximate surface area is 161 Å². The summed E-state index contributed by atoms with van der Waals surface area (Å²) in [6.45, 7) is 2.21. The van der Waals surface area contributed by atoms with Gasteiger partial charge in [-0.3, -0.25) is 14.4 Å². The fraction of sp³-hybridized carbons (Fsp3) is 0.316. The van der Waals surface area contributed by atoms with Gasteiger partial charge in [0.25, 0.3) is 5.91 Å². The molecule has 5 nitrogen and oxygen atoms in total. The van der Waals surface area contributed by atoms with Crippen molar-refractivity contribution in [2.75, 3.05) is 18.9 Å². The van der Waals surface area contributed by atoms with Gasteiger partial charge in [-0.1, -0.05) is 23.8 Å². The van der Waals surface area contributed by atoms with Gasteiger partial charge in [0.15, 0.2) is 12.4 Å². The molecule has 1 aromatic heterocycles. The molecule has 0 fully saturated rings. The van der Waals surface area contributed by atoms with Crippen molar-refractivity contribution >= 4 is 40.8 Å². The second-order valence-corrected chi connectivity index (χ2v) is 7.69. The Balaban J connectivity index is 1.54. The van der Waals surface area contributed by atoms with Crippen LogP contribution in [0.3, 0.4) is 0 Å². The van der Waals surface area contributed by atoms with Crippen molar-refractivity contribution in [2.24, 2.45) is 0 Å². The average Bonchev–Trinajstić information content (AvgIpc) is 3.18. The molecule has 1 aromatic carbocycles. The molecular formula is C19H21NO4S2. The Morgan fingerprint density at radius 2 is 1.88 bits per heavy atom. The van der Waals surface area contributed by atoms with Crippen molar-refractivity contribution in [3.8, 4) is 0 Å². The lowest BCUT2D eigenvalue weighted by molar-refractivity contribution is -0.148. The Morgan fingerprint density at radius 3 is 2.58 bits per heavy atom. The Hall–Kier alpha value is -2.12. The van der Waals surface area contributed by atoms with Crippen molar-refractivity contribution in [1.82, 2.24) is 5.32 Å². The van der Waals surface area contributed by atoms with E-state index >= 15 is 0 Å². The lowest BCUT2D eigenvalue weighted by atomic mass is 10.2. The standard InChI is InChI=1S/C19H21NO4S2/c1-14-4-6-15(7-5-14)25-12-10-20-18(22)13-24-19(23)9-8-16(21)17-3-2-11-26-17/h2-7,11H,8-10,12-13H2,1H3,(H,20,22). The highest BCUT2D eigenvalue weighted by Gasteiger charge is 2.12. The number of Topliss-reactive ketones (excluding diaryl/α,β-unsaturated/α-hetero) is 1. The van der Waals surface area contributed by atoms with Gasteiger partial charge in [-0.2, -0.15) is 0 Å². The lowest BCUT2D eigenvalue weighted by Crippen LogP contribution is -2.30. The number of hydrogen-bond donors (Lipinski definition) is 1. The number of thioether (sulfide) groups is 1. The van der Waals surface area contributed by atoms with Gasteiger partial charge in [-0.05, 0) is 30.5 Å². The predicted octanol–water partition coefficient (Wildman–Crippen LogP) is 3.47. The van der Waals surface area contributed by atoms with E-state index in [9.17, 15) is 14.4 Å². The van der Waals surface area contributed by atoms with E-state index in [1.165, 1.54) is 16.9 Å². The maximum Gasteiger partial charge on any atom is 0.306 e. The van der Waals surface area contributed by atoms with Gasteiger partial charge in [-0.25, -0.2) is 0 Å². The number of amides is 1. The Morgan fingerprint density at radius 1 is 1.12 bits per heavy atom. The van der Waals surface area contributed by atoms with E-state index < -0.39 is 5.97 Å². The molecule has 0 saturated carbocycles. The van der Waals surface area contributed by atoms with Crippen LogP contribution in [0.15, 0.2) is 46.7 Å². The number of nitrogens with one attached hydrogen (secondary N) is 1. The van der Waals surface area contributed by atoms with Gasteiger partial charge in [0, 0.05) is 23.6 Å². The SMILES string of the molecule is Cc1ccc(SCCNC(=O)COC(=O)CCC(=O)c2cccs2)cc1. The van der Waals surface area contributed by atoms with Gasteiger partial charge in [-0.15, -0.1) is 23.1 Å². The number of rotatable bonds is 10. The van der Waals surface area contributed by atoms with E-state index in [0.29, 0.717) is 11.4 Å². The normalized spacial score (nSPS) is 10.3. The number of ether oxygens (including phenoxy) is 1. The first kappa shape index (κ1) is 20.2. The molecule has 0 aliphatic heterocycles. The van der Waals surface area contributed by atoms with Crippen molar-refractivity contribution in [2.45, 2.75) is 24.7 Å². The van der Waals surface area contributed by atoms with E-state index in [1.54, 1.807) is 23.9 Å². The van der Waals surface area contributed by atoms with Crippen molar-refractivity contribution in [1.29, 1.82) is 0 Å². The Bertz CT molecular complexity index is 727. The zero-order valence-electron chi connectivity index (χ0n) is 14.5. The minimum Gasteiger partial charge on any atom is -0.456 e. The third kappa shape index (κ3) is 7.41. The third-order valence-corrected chi connectivity index (χ3v) is 5.36. The number of ketones is 1. The molecule has 0 saturated heterocycles. The molecule has 0 bridgehead atoms. The van der Waals surface area contributed by atoms with Crippen molar-refractivity contribution < 1.29 is 19.1 Å². The predicted molar refractivity (Wildman–Crippen MR) is 104 cm³/mol. The highest BCUT2D eigenvalue weighted by molar-refractivity contribution is 7.99. The summed E-state index contributed by atoms with van der Waals surface area (Å²) in [6.07, 6.45) is 0.0709. The van der Waals surface area contributed by atoms with Gasteiger partial charge in [0.2, 0.25) is 0 Å². The number of aryl methyl sites for hydroxylation is 1. The molecule has 2 aromatic rings. The molecule has 1 N–H and O–H groups in total. The number of carbonyl (C=O) groups excluding carboxylic acids is 3. The van der Waals surface area contributed by atoms with E-state index in [0.717, 1.165) is 10.6 Å². The van der Waals surface area contributed by atoms with Crippen LogP contribution in [-0.2, 0) is 14.3 Å². The fourth-order valence-corrected chi connectivity index (χ4v) is 3.50. The summed E-state index contributed by atoms with van der Waals surface area (Å²) in [4.78, 5) is 36.8. The molecule has 2 rings (SSSR count). The highest BCUT2D eigenvalue weighted by atomic mass is 32.2. The van der Waals surface area contributed by atoms with Crippen LogP contribution in [0.1, 0.15) is 28.1 Å². The van der Waals surface area contributed by atoms with Crippen LogP contribution in [0.4, 0.5) is 0 Å². The first-order valence-electron chi connectivity index (χ1n) is 8.23. The van der Waals surface area contributed by atoms with Gasteiger partial charge >= 0.3 is 5.97 Å². The molecule has 1 heterocycles. The molecule has 0 aliphatic carbocycles.